The molecule has 3 rings (SSSR count). The first-order chi connectivity index (χ1) is 19.0. The minimum Gasteiger partial charge on any atom is -0.352 e. The highest BCUT2D eigenvalue weighted by Gasteiger charge is 2.34. The molecule has 0 saturated heterocycles. The van der Waals surface area contributed by atoms with E-state index in [0.717, 1.165) is 34.1 Å². The standard InChI is InChI=1S/C30H35ClFN3O4S/c1-5-22(4)33-30(37)28(6-2)34(19-23-9-7-8-10-27(23)31)29(36)20-35(25-15-11-21(3)12-16-25)40(38,39)26-17-13-24(32)14-18-26/h7-18,22,28H,5-6,19-20H2,1-4H3,(H,33,37)/t22-,28-/m0/s1. The lowest BCUT2D eigenvalue weighted by Crippen LogP contribution is -2.53. The van der Waals surface area contributed by atoms with E-state index in [1.54, 1.807) is 55.5 Å². The van der Waals surface area contributed by atoms with E-state index in [2.05, 4.69) is 5.32 Å². The summed E-state index contributed by atoms with van der Waals surface area (Å²) in [6.45, 7) is 6.89. The highest BCUT2D eigenvalue weighted by molar-refractivity contribution is 7.92. The van der Waals surface area contributed by atoms with Crippen LogP contribution in [0, 0.1) is 12.7 Å². The first kappa shape index (κ1) is 31.1. The molecule has 0 saturated carbocycles. The van der Waals surface area contributed by atoms with Gasteiger partial charge in [-0.05, 0) is 74.7 Å². The Bertz CT molecular complexity index is 1420. The number of anilines is 1. The van der Waals surface area contributed by atoms with Gasteiger partial charge in [0, 0.05) is 17.6 Å². The summed E-state index contributed by atoms with van der Waals surface area (Å²) >= 11 is 6.41. The third-order valence-corrected chi connectivity index (χ3v) is 8.84. The van der Waals surface area contributed by atoms with Crippen molar-refractivity contribution in [3.63, 3.8) is 0 Å². The molecule has 2 atom stereocenters. The zero-order valence-electron chi connectivity index (χ0n) is 23.1. The lowest BCUT2D eigenvalue weighted by atomic mass is 10.1. The molecule has 0 aliphatic carbocycles. The maximum Gasteiger partial charge on any atom is 0.264 e. The van der Waals surface area contributed by atoms with Gasteiger partial charge in [-0.3, -0.25) is 13.9 Å². The van der Waals surface area contributed by atoms with Crippen molar-refractivity contribution in [2.75, 3.05) is 10.8 Å². The molecule has 7 nitrogen and oxygen atoms in total. The van der Waals surface area contributed by atoms with Gasteiger partial charge in [0.15, 0.2) is 0 Å². The smallest absolute Gasteiger partial charge is 0.264 e. The van der Waals surface area contributed by atoms with Crippen molar-refractivity contribution in [1.29, 1.82) is 0 Å². The Morgan fingerprint density at radius 2 is 1.57 bits per heavy atom. The van der Waals surface area contributed by atoms with Crippen LogP contribution in [0.15, 0.2) is 77.7 Å². The first-order valence-corrected chi connectivity index (χ1v) is 15.0. The van der Waals surface area contributed by atoms with Crippen molar-refractivity contribution in [1.82, 2.24) is 10.2 Å². The van der Waals surface area contributed by atoms with E-state index in [0.29, 0.717) is 23.4 Å². The second-order valence-corrected chi connectivity index (χ2v) is 11.9. The van der Waals surface area contributed by atoms with E-state index in [1.807, 2.05) is 20.8 Å². The highest BCUT2D eigenvalue weighted by atomic mass is 35.5. The second-order valence-electron chi connectivity index (χ2n) is 9.66. The number of halogens is 2. The summed E-state index contributed by atoms with van der Waals surface area (Å²) in [5, 5.41) is 3.36. The van der Waals surface area contributed by atoms with Crippen LogP contribution in [0.5, 0.6) is 0 Å². The minimum absolute atomic E-state index is 0.00325. The Labute approximate surface area is 241 Å². The molecule has 0 heterocycles. The third-order valence-electron chi connectivity index (χ3n) is 6.69. The molecular weight excluding hydrogens is 553 g/mol. The summed E-state index contributed by atoms with van der Waals surface area (Å²) in [6.07, 6.45) is 1.01. The molecular formula is C30H35ClFN3O4S. The zero-order valence-corrected chi connectivity index (χ0v) is 24.7. The van der Waals surface area contributed by atoms with Gasteiger partial charge in [-0.2, -0.15) is 0 Å². The van der Waals surface area contributed by atoms with E-state index < -0.39 is 34.3 Å². The Balaban J connectivity index is 2.06. The summed E-state index contributed by atoms with van der Waals surface area (Å²) in [5.41, 5.74) is 1.79. The highest BCUT2D eigenvalue weighted by Crippen LogP contribution is 2.26. The predicted octanol–water partition coefficient (Wildman–Crippen LogP) is 5.70. The lowest BCUT2D eigenvalue weighted by molar-refractivity contribution is -0.140. The van der Waals surface area contributed by atoms with Gasteiger partial charge >= 0.3 is 0 Å². The van der Waals surface area contributed by atoms with Gasteiger partial charge in [0.05, 0.1) is 10.6 Å². The van der Waals surface area contributed by atoms with E-state index in [1.165, 1.54) is 4.90 Å². The number of hydrogen-bond acceptors (Lipinski definition) is 4. The summed E-state index contributed by atoms with van der Waals surface area (Å²) in [7, 11) is -4.28. The zero-order chi connectivity index (χ0) is 29.4. The van der Waals surface area contributed by atoms with Gasteiger partial charge in [0.2, 0.25) is 11.8 Å². The molecule has 10 heteroatoms. The molecule has 3 aromatic carbocycles. The average molecular weight is 588 g/mol. The van der Waals surface area contributed by atoms with Crippen molar-refractivity contribution < 1.29 is 22.4 Å². The maximum absolute atomic E-state index is 14.0. The van der Waals surface area contributed by atoms with Gasteiger partial charge in [-0.1, -0.05) is 61.3 Å². The molecule has 3 aromatic rings. The normalized spacial score (nSPS) is 12.8. The van der Waals surface area contributed by atoms with Gasteiger partial charge < -0.3 is 10.2 Å². The van der Waals surface area contributed by atoms with Gasteiger partial charge in [-0.25, -0.2) is 12.8 Å². The fraction of sp³-hybridized carbons (Fsp3) is 0.333. The molecule has 0 spiro atoms. The van der Waals surface area contributed by atoms with Crippen LogP contribution in [-0.4, -0.2) is 43.8 Å². The van der Waals surface area contributed by atoms with Gasteiger partial charge in [-0.15, -0.1) is 0 Å². The molecule has 0 aromatic heterocycles. The number of carbonyl (C=O) groups is 2. The topological polar surface area (TPSA) is 86.8 Å². The van der Waals surface area contributed by atoms with Crippen LogP contribution < -0.4 is 9.62 Å². The molecule has 2 amide bonds. The van der Waals surface area contributed by atoms with E-state index in [4.69, 9.17) is 11.6 Å². The molecule has 0 unspecified atom stereocenters. The molecule has 214 valence electrons. The number of hydrogen-bond donors (Lipinski definition) is 1. The summed E-state index contributed by atoms with van der Waals surface area (Å²) in [5.74, 6) is -1.50. The Morgan fingerprint density at radius 3 is 2.15 bits per heavy atom. The molecule has 0 radical (unpaired) electrons. The number of nitrogens with one attached hydrogen (secondary N) is 1. The molecule has 0 bridgehead atoms. The van der Waals surface area contributed by atoms with Crippen LogP contribution >= 0.6 is 11.6 Å². The fourth-order valence-corrected chi connectivity index (χ4v) is 5.75. The average Bonchev–Trinajstić information content (AvgIpc) is 2.93. The SMILES string of the molecule is CC[C@H](C)NC(=O)[C@H](CC)N(Cc1ccccc1Cl)C(=O)CN(c1ccc(C)cc1)S(=O)(=O)c1ccc(F)cc1. The van der Waals surface area contributed by atoms with Gasteiger partial charge in [0.1, 0.15) is 18.4 Å². The minimum atomic E-state index is -4.28. The van der Waals surface area contributed by atoms with Crippen LogP contribution in [0.4, 0.5) is 10.1 Å². The third kappa shape index (κ3) is 7.61. The summed E-state index contributed by atoms with van der Waals surface area (Å²) < 4.78 is 42.2. The molecule has 1 N–H and O–H groups in total. The molecule has 40 heavy (non-hydrogen) atoms. The predicted molar refractivity (Wildman–Crippen MR) is 156 cm³/mol. The van der Waals surface area contributed by atoms with Crippen molar-refractivity contribution in [2.24, 2.45) is 0 Å². The monoisotopic (exact) mass is 587 g/mol. The quantitative estimate of drug-likeness (QED) is 0.294. The summed E-state index contributed by atoms with van der Waals surface area (Å²) in [4.78, 5) is 28.6. The number of amides is 2. The van der Waals surface area contributed by atoms with Crippen LogP contribution in [0.1, 0.15) is 44.7 Å². The number of sulfonamides is 1. The van der Waals surface area contributed by atoms with Crippen molar-refractivity contribution >= 4 is 39.1 Å². The van der Waals surface area contributed by atoms with Crippen molar-refractivity contribution in [3.8, 4) is 0 Å². The Hall–Kier alpha value is -3.43. The van der Waals surface area contributed by atoms with E-state index in [-0.39, 0.29) is 29.1 Å². The van der Waals surface area contributed by atoms with Crippen LogP contribution in [0.25, 0.3) is 0 Å². The molecule has 0 fully saturated rings. The first-order valence-electron chi connectivity index (χ1n) is 13.2. The molecule has 0 aliphatic heterocycles. The van der Waals surface area contributed by atoms with Gasteiger partial charge in [0.25, 0.3) is 10.0 Å². The number of carbonyl (C=O) groups excluding carboxylic acids is 2. The Kier molecular flexibility index (Phi) is 10.7. The summed E-state index contributed by atoms with van der Waals surface area (Å²) in [6, 6.07) is 17.1. The van der Waals surface area contributed by atoms with Crippen LogP contribution in [-0.2, 0) is 26.2 Å². The van der Waals surface area contributed by atoms with E-state index in [9.17, 15) is 22.4 Å². The number of nitrogens with zero attached hydrogens (tertiary/aromatic N) is 2. The van der Waals surface area contributed by atoms with E-state index >= 15 is 0 Å². The van der Waals surface area contributed by atoms with Crippen LogP contribution in [0.2, 0.25) is 5.02 Å². The largest absolute Gasteiger partial charge is 0.352 e. The number of rotatable bonds is 12. The van der Waals surface area contributed by atoms with Crippen molar-refractivity contribution in [2.45, 2.75) is 64.1 Å². The lowest BCUT2D eigenvalue weighted by Gasteiger charge is -2.34. The maximum atomic E-state index is 14.0. The Morgan fingerprint density at radius 1 is 0.950 bits per heavy atom. The molecule has 0 aliphatic rings. The fourth-order valence-electron chi connectivity index (χ4n) is 4.14. The van der Waals surface area contributed by atoms with Crippen molar-refractivity contribution in [3.05, 3.63) is 94.8 Å². The second kappa shape index (κ2) is 13.8. The van der Waals surface area contributed by atoms with Crippen LogP contribution in [0.3, 0.4) is 0 Å². The number of benzene rings is 3. The number of aryl methyl sites for hydroxylation is 1.